The molecule has 2 fully saturated rings. The van der Waals surface area contributed by atoms with Crippen LogP contribution in [-0.2, 0) is 4.79 Å². The van der Waals surface area contributed by atoms with E-state index in [0.717, 1.165) is 47.4 Å². The number of anilines is 1. The predicted octanol–water partition coefficient (Wildman–Crippen LogP) is 3.03. The van der Waals surface area contributed by atoms with Crippen LogP contribution in [-0.4, -0.2) is 45.9 Å². The van der Waals surface area contributed by atoms with Crippen molar-refractivity contribution in [3.63, 3.8) is 0 Å². The summed E-state index contributed by atoms with van der Waals surface area (Å²) in [6.45, 7) is 2.24. The summed E-state index contributed by atoms with van der Waals surface area (Å²) >= 11 is 1.56. The number of hydrogen-bond acceptors (Lipinski definition) is 6. The first-order valence-corrected chi connectivity index (χ1v) is 9.63. The predicted molar refractivity (Wildman–Crippen MR) is 102 cm³/mol. The van der Waals surface area contributed by atoms with E-state index in [0.29, 0.717) is 11.2 Å². The van der Waals surface area contributed by atoms with Gasteiger partial charge in [0.05, 0.1) is 21.6 Å². The van der Waals surface area contributed by atoms with Crippen LogP contribution in [0.1, 0.15) is 12.8 Å². The van der Waals surface area contributed by atoms with Gasteiger partial charge in [-0.2, -0.15) is 0 Å². The summed E-state index contributed by atoms with van der Waals surface area (Å²) < 4.78 is 0. The molecule has 0 radical (unpaired) electrons. The van der Waals surface area contributed by atoms with Crippen LogP contribution >= 0.6 is 11.3 Å². The van der Waals surface area contributed by atoms with Gasteiger partial charge in [0.15, 0.2) is 0 Å². The zero-order valence-corrected chi connectivity index (χ0v) is 15.3. The largest absolute Gasteiger partial charge is 0.310 e. The number of carbonyl (C=O) groups excluding carboxylic acids is 1. The van der Waals surface area contributed by atoms with Crippen LogP contribution < -0.4 is 5.32 Å². The number of amides is 1. The normalized spacial score (nSPS) is 19.3. The zero-order valence-electron chi connectivity index (χ0n) is 14.5. The maximum atomic E-state index is 12.5. The number of carbonyl (C=O) groups is 1. The van der Waals surface area contributed by atoms with E-state index in [4.69, 9.17) is 4.98 Å². The van der Waals surface area contributed by atoms with Crippen LogP contribution in [0.25, 0.3) is 21.5 Å². The summed E-state index contributed by atoms with van der Waals surface area (Å²) in [4.78, 5) is 29.0. The Hall–Kier alpha value is -2.38. The van der Waals surface area contributed by atoms with E-state index < -0.39 is 0 Å². The number of pyridine rings is 2. The second-order valence-corrected chi connectivity index (χ2v) is 8.48. The summed E-state index contributed by atoms with van der Waals surface area (Å²) in [5.74, 6) is 0.761. The quantitative estimate of drug-likeness (QED) is 0.772. The third-order valence-corrected chi connectivity index (χ3v) is 6.25. The lowest BCUT2D eigenvalue weighted by molar-refractivity contribution is -0.137. The molecule has 1 saturated heterocycles. The highest BCUT2D eigenvalue weighted by Gasteiger charge is 2.53. The molecule has 5 rings (SSSR count). The second-order valence-electron chi connectivity index (χ2n) is 7.59. The summed E-state index contributed by atoms with van der Waals surface area (Å²) in [6.07, 6.45) is 5.56. The van der Waals surface area contributed by atoms with E-state index in [-0.39, 0.29) is 11.8 Å². The fourth-order valence-corrected chi connectivity index (χ4v) is 4.91. The first-order chi connectivity index (χ1) is 12.6. The van der Waals surface area contributed by atoms with Crippen molar-refractivity contribution in [2.24, 2.45) is 11.3 Å². The number of nitrogens with one attached hydrogen (secondary N) is 1. The van der Waals surface area contributed by atoms with Gasteiger partial charge in [0.1, 0.15) is 5.82 Å². The summed E-state index contributed by atoms with van der Waals surface area (Å²) in [5.41, 5.74) is 3.91. The molecule has 7 heteroatoms. The van der Waals surface area contributed by atoms with Gasteiger partial charge in [0, 0.05) is 42.9 Å². The van der Waals surface area contributed by atoms with Crippen LogP contribution in [0.15, 0.2) is 36.1 Å². The molecule has 1 aliphatic heterocycles. The maximum absolute atomic E-state index is 12.5. The Bertz CT molecular complexity index is 973. The molecule has 0 bridgehead atoms. The highest BCUT2D eigenvalue weighted by Crippen LogP contribution is 2.51. The van der Waals surface area contributed by atoms with Crippen molar-refractivity contribution in [1.82, 2.24) is 19.9 Å². The Kier molecular flexibility index (Phi) is 3.55. The van der Waals surface area contributed by atoms with E-state index in [1.807, 2.05) is 24.4 Å². The Morgan fingerprint density at radius 2 is 2.15 bits per heavy atom. The van der Waals surface area contributed by atoms with Gasteiger partial charge in [-0.05, 0) is 37.4 Å². The molecule has 3 aromatic heterocycles. The number of aromatic nitrogens is 3. The lowest BCUT2D eigenvalue weighted by Gasteiger charge is -2.57. The number of hydrogen-bond donors (Lipinski definition) is 1. The van der Waals surface area contributed by atoms with Crippen molar-refractivity contribution in [3.05, 3.63) is 36.1 Å². The Labute approximate surface area is 155 Å². The highest BCUT2D eigenvalue weighted by molar-refractivity contribution is 7.13. The molecular weight excluding hydrogens is 346 g/mol. The first kappa shape index (κ1) is 15.8. The number of thiazole rings is 1. The number of likely N-dealkylation sites (tertiary alicyclic amines) is 1. The maximum Gasteiger partial charge on any atom is 0.228 e. The van der Waals surface area contributed by atoms with E-state index in [2.05, 4.69) is 27.2 Å². The average Bonchev–Trinajstić information content (AvgIpc) is 3.10. The Balaban J connectivity index is 1.32. The molecule has 132 valence electrons. The molecule has 0 unspecified atom stereocenters. The van der Waals surface area contributed by atoms with E-state index in [1.165, 1.54) is 0 Å². The fourth-order valence-electron chi connectivity index (χ4n) is 4.32. The molecule has 3 aromatic rings. The molecule has 1 spiro atoms. The molecule has 0 aromatic carbocycles. The van der Waals surface area contributed by atoms with Crippen molar-refractivity contribution in [2.45, 2.75) is 12.8 Å². The third-order valence-electron chi connectivity index (χ3n) is 5.45. The van der Waals surface area contributed by atoms with Crippen molar-refractivity contribution < 1.29 is 4.79 Å². The topological polar surface area (TPSA) is 71.0 Å². The zero-order chi connectivity index (χ0) is 17.7. The van der Waals surface area contributed by atoms with Crippen molar-refractivity contribution in [1.29, 1.82) is 0 Å². The summed E-state index contributed by atoms with van der Waals surface area (Å²) in [5, 5.41) is 3.93. The molecule has 1 amide bonds. The lowest BCUT2D eigenvalue weighted by atomic mass is 9.57. The van der Waals surface area contributed by atoms with Gasteiger partial charge in [-0.3, -0.25) is 9.78 Å². The molecule has 6 nitrogen and oxygen atoms in total. The molecule has 26 heavy (non-hydrogen) atoms. The van der Waals surface area contributed by atoms with E-state index in [9.17, 15) is 4.79 Å². The molecular formula is C19H19N5OS. The number of rotatable bonds is 3. The van der Waals surface area contributed by atoms with Crippen molar-refractivity contribution >= 4 is 34.0 Å². The molecule has 0 atom stereocenters. The van der Waals surface area contributed by atoms with Gasteiger partial charge in [-0.25, -0.2) is 9.97 Å². The molecule has 1 aliphatic carbocycles. The van der Waals surface area contributed by atoms with Crippen LogP contribution in [0.2, 0.25) is 0 Å². The Morgan fingerprint density at radius 1 is 1.31 bits per heavy atom. The van der Waals surface area contributed by atoms with E-state index in [1.54, 1.807) is 23.0 Å². The molecule has 2 aliphatic rings. The lowest BCUT2D eigenvalue weighted by Crippen LogP contribution is -2.62. The third kappa shape index (κ3) is 2.68. The summed E-state index contributed by atoms with van der Waals surface area (Å²) in [6, 6.07) is 5.82. The minimum Gasteiger partial charge on any atom is -0.310 e. The van der Waals surface area contributed by atoms with Gasteiger partial charge < -0.3 is 10.2 Å². The molecule has 1 saturated carbocycles. The average molecular weight is 365 g/mol. The van der Waals surface area contributed by atoms with Crippen LogP contribution in [0.4, 0.5) is 5.82 Å². The van der Waals surface area contributed by atoms with Gasteiger partial charge in [0.2, 0.25) is 5.91 Å². The SMILES string of the molecule is CN1CC2(CC(C(=O)Nc3cc4nc(-c5cncs5)ccc4cn3)C2)C1. The van der Waals surface area contributed by atoms with Crippen LogP contribution in [0, 0.1) is 11.3 Å². The van der Waals surface area contributed by atoms with Gasteiger partial charge in [0.25, 0.3) is 0 Å². The number of nitrogens with zero attached hydrogens (tertiary/aromatic N) is 4. The van der Waals surface area contributed by atoms with Crippen LogP contribution in [0.5, 0.6) is 0 Å². The standard InChI is InChI=1S/C19H19N5OS/c1-24-9-19(10-24)5-13(6-19)18(25)23-17-4-15-12(7-21-17)2-3-14(22-15)16-8-20-11-26-16/h2-4,7-8,11,13H,5-6,9-10H2,1H3,(H,21,23,25). The minimum absolute atomic E-state index is 0.0793. The summed E-state index contributed by atoms with van der Waals surface area (Å²) in [7, 11) is 2.13. The smallest absolute Gasteiger partial charge is 0.228 e. The van der Waals surface area contributed by atoms with Crippen molar-refractivity contribution in [3.8, 4) is 10.6 Å². The van der Waals surface area contributed by atoms with Crippen LogP contribution in [0.3, 0.4) is 0 Å². The molecule has 1 N–H and O–H groups in total. The van der Waals surface area contributed by atoms with Gasteiger partial charge in [-0.1, -0.05) is 0 Å². The Morgan fingerprint density at radius 3 is 2.88 bits per heavy atom. The first-order valence-electron chi connectivity index (χ1n) is 8.75. The highest BCUT2D eigenvalue weighted by atomic mass is 32.1. The minimum atomic E-state index is 0.0793. The number of fused-ring (bicyclic) bond motifs is 1. The van der Waals surface area contributed by atoms with Gasteiger partial charge in [-0.15, -0.1) is 11.3 Å². The second kappa shape index (κ2) is 5.82. The molecule has 4 heterocycles. The fraction of sp³-hybridized carbons (Fsp3) is 0.368. The van der Waals surface area contributed by atoms with Crippen molar-refractivity contribution in [2.75, 3.05) is 25.5 Å². The van der Waals surface area contributed by atoms with Gasteiger partial charge >= 0.3 is 0 Å². The van der Waals surface area contributed by atoms with E-state index >= 15 is 0 Å². The monoisotopic (exact) mass is 365 g/mol.